The summed E-state index contributed by atoms with van der Waals surface area (Å²) in [6, 6.07) is 13.1. The van der Waals surface area contributed by atoms with E-state index >= 15 is 0 Å². The number of methoxy groups -OCH3 is 3. The Hall–Kier alpha value is -3.02. The van der Waals surface area contributed by atoms with Crippen LogP contribution in [0.5, 0.6) is 17.2 Å². The number of nitrogens with zero attached hydrogens (tertiary/aromatic N) is 2. The van der Waals surface area contributed by atoms with Gasteiger partial charge in [0.05, 0.1) is 26.9 Å². The van der Waals surface area contributed by atoms with E-state index in [0.717, 1.165) is 5.56 Å². The molecule has 6 nitrogen and oxygen atoms in total. The molecule has 2 aromatic carbocycles. The van der Waals surface area contributed by atoms with Crippen molar-refractivity contribution in [3.8, 4) is 40.1 Å². The molecule has 0 saturated heterocycles. The van der Waals surface area contributed by atoms with Crippen molar-refractivity contribution in [1.82, 2.24) is 10.1 Å². The van der Waals surface area contributed by atoms with Crippen molar-refractivity contribution in [3.63, 3.8) is 0 Å². The second kappa shape index (κ2) is 6.39. The molecule has 0 aliphatic carbocycles. The maximum atomic E-state index is 5.39. The third-order valence-corrected chi connectivity index (χ3v) is 3.39. The summed E-state index contributed by atoms with van der Waals surface area (Å²) in [5.74, 6) is 2.55. The average Bonchev–Trinajstić information content (AvgIpc) is 3.11. The zero-order valence-electron chi connectivity index (χ0n) is 13.1. The van der Waals surface area contributed by atoms with Crippen molar-refractivity contribution < 1.29 is 18.7 Å². The third-order valence-electron chi connectivity index (χ3n) is 3.39. The molecular weight excluding hydrogens is 296 g/mol. The van der Waals surface area contributed by atoms with Crippen molar-refractivity contribution >= 4 is 0 Å². The first-order chi connectivity index (χ1) is 11.3. The first kappa shape index (κ1) is 14.9. The van der Waals surface area contributed by atoms with Gasteiger partial charge < -0.3 is 18.7 Å². The van der Waals surface area contributed by atoms with Crippen molar-refractivity contribution in [2.45, 2.75) is 0 Å². The largest absolute Gasteiger partial charge is 0.496 e. The van der Waals surface area contributed by atoms with Crippen LogP contribution < -0.4 is 14.2 Å². The fourth-order valence-corrected chi connectivity index (χ4v) is 2.23. The van der Waals surface area contributed by atoms with Gasteiger partial charge in [-0.2, -0.15) is 4.98 Å². The van der Waals surface area contributed by atoms with Crippen LogP contribution in [0.25, 0.3) is 22.8 Å². The van der Waals surface area contributed by atoms with Crippen LogP contribution in [0.3, 0.4) is 0 Å². The zero-order valence-corrected chi connectivity index (χ0v) is 13.1. The molecule has 6 heteroatoms. The standard InChI is InChI=1S/C17H16N2O4/c1-20-13-10-15(22-3)14(21-2)9-12(13)17-18-16(19-23-17)11-7-5-4-6-8-11/h4-10H,1-3H3. The van der Waals surface area contributed by atoms with Crippen molar-refractivity contribution in [3.05, 3.63) is 42.5 Å². The number of benzene rings is 2. The van der Waals surface area contributed by atoms with E-state index in [1.165, 1.54) is 0 Å². The lowest BCUT2D eigenvalue weighted by atomic mass is 10.1. The van der Waals surface area contributed by atoms with Crippen molar-refractivity contribution in [2.75, 3.05) is 21.3 Å². The SMILES string of the molecule is COc1cc(OC)c(-c2nc(-c3ccccc3)no2)cc1OC. The molecule has 0 atom stereocenters. The molecule has 23 heavy (non-hydrogen) atoms. The first-order valence-electron chi connectivity index (χ1n) is 6.96. The minimum absolute atomic E-state index is 0.349. The van der Waals surface area contributed by atoms with Crippen LogP contribution in [0, 0.1) is 0 Å². The van der Waals surface area contributed by atoms with Crippen LogP contribution in [0.2, 0.25) is 0 Å². The van der Waals surface area contributed by atoms with Crippen molar-refractivity contribution in [2.24, 2.45) is 0 Å². The molecule has 0 saturated carbocycles. The lowest BCUT2D eigenvalue weighted by Gasteiger charge is -2.11. The highest BCUT2D eigenvalue weighted by atomic mass is 16.5. The van der Waals surface area contributed by atoms with Gasteiger partial charge in [0.1, 0.15) is 5.75 Å². The number of hydrogen-bond acceptors (Lipinski definition) is 6. The van der Waals surface area contributed by atoms with Gasteiger partial charge in [-0.25, -0.2) is 0 Å². The maximum absolute atomic E-state index is 5.39. The number of hydrogen-bond donors (Lipinski definition) is 0. The highest BCUT2D eigenvalue weighted by Crippen LogP contribution is 2.39. The molecule has 1 aromatic heterocycles. The molecule has 0 bridgehead atoms. The Balaban J connectivity index is 2.06. The summed E-state index contributed by atoms with van der Waals surface area (Å²) < 4.78 is 21.4. The predicted octanol–water partition coefficient (Wildman–Crippen LogP) is 3.43. The third kappa shape index (κ3) is 2.83. The second-order valence-electron chi connectivity index (χ2n) is 4.70. The van der Waals surface area contributed by atoms with Gasteiger partial charge in [0.15, 0.2) is 11.5 Å². The summed E-state index contributed by atoms with van der Waals surface area (Å²) in [5, 5.41) is 4.02. The molecule has 0 aliphatic rings. The van der Waals surface area contributed by atoms with Crippen LogP contribution in [0.4, 0.5) is 0 Å². The average molecular weight is 312 g/mol. The van der Waals surface area contributed by atoms with E-state index < -0.39 is 0 Å². The second-order valence-corrected chi connectivity index (χ2v) is 4.70. The fourth-order valence-electron chi connectivity index (χ4n) is 2.23. The van der Waals surface area contributed by atoms with Crippen LogP contribution >= 0.6 is 0 Å². The Bertz CT molecular complexity index is 800. The van der Waals surface area contributed by atoms with E-state index in [1.54, 1.807) is 33.5 Å². The van der Waals surface area contributed by atoms with Gasteiger partial charge >= 0.3 is 0 Å². The van der Waals surface area contributed by atoms with Crippen LogP contribution in [0.1, 0.15) is 0 Å². The summed E-state index contributed by atoms with van der Waals surface area (Å²) >= 11 is 0. The van der Waals surface area contributed by atoms with Gasteiger partial charge in [0.25, 0.3) is 5.89 Å². The molecule has 3 rings (SSSR count). The van der Waals surface area contributed by atoms with Gasteiger partial charge in [0.2, 0.25) is 5.82 Å². The van der Waals surface area contributed by atoms with Crippen LogP contribution in [0.15, 0.2) is 47.0 Å². The molecule has 0 unspecified atom stereocenters. The quantitative estimate of drug-likeness (QED) is 0.719. The predicted molar refractivity (Wildman–Crippen MR) is 84.8 cm³/mol. The lowest BCUT2D eigenvalue weighted by molar-refractivity contribution is 0.348. The van der Waals surface area contributed by atoms with E-state index in [1.807, 2.05) is 30.3 Å². The number of aromatic nitrogens is 2. The smallest absolute Gasteiger partial charge is 0.262 e. The Morgan fingerprint density at radius 1 is 0.826 bits per heavy atom. The van der Waals surface area contributed by atoms with E-state index in [-0.39, 0.29) is 0 Å². The summed E-state index contributed by atoms with van der Waals surface area (Å²) in [6.45, 7) is 0. The molecule has 118 valence electrons. The molecule has 0 aliphatic heterocycles. The Kier molecular flexibility index (Phi) is 4.14. The molecule has 0 N–H and O–H groups in total. The minimum atomic E-state index is 0.349. The van der Waals surface area contributed by atoms with Crippen LogP contribution in [-0.4, -0.2) is 31.5 Å². The van der Waals surface area contributed by atoms with E-state index in [0.29, 0.717) is 34.5 Å². The molecular formula is C17H16N2O4. The Labute approximate surface area is 133 Å². The topological polar surface area (TPSA) is 66.6 Å². The first-order valence-corrected chi connectivity index (χ1v) is 6.96. The van der Waals surface area contributed by atoms with E-state index in [4.69, 9.17) is 18.7 Å². The minimum Gasteiger partial charge on any atom is -0.496 e. The zero-order chi connectivity index (χ0) is 16.2. The van der Waals surface area contributed by atoms with Crippen LogP contribution in [-0.2, 0) is 0 Å². The number of ether oxygens (including phenoxy) is 3. The van der Waals surface area contributed by atoms with Gasteiger partial charge in [0, 0.05) is 17.7 Å². The molecule has 0 fully saturated rings. The van der Waals surface area contributed by atoms with Gasteiger partial charge in [-0.1, -0.05) is 35.5 Å². The number of rotatable bonds is 5. The summed E-state index contributed by atoms with van der Waals surface area (Å²) in [4.78, 5) is 4.44. The molecule has 0 amide bonds. The molecule has 0 spiro atoms. The fraction of sp³-hybridized carbons (Fsp3) is 0.176. The normalized spacial score (nSPS) is 10.4. The highest BCUT2D eigenvalue weighted by Gasteiger charge is 2.18. The molecule has 1 heterocycles. The van der Waals surface area contributed by atoms with E-state index in [9.17, 15) is 0 Å². The Morgan fingerprint density at radius 3 is 2.13 bits per heavy atom. The van der Waals surface area contributed by atoms with Gasteiger partial charge in [-0.3, -0.25) is 0 Å². The van der Waals surface area contributed by atoms with Gasteiger partial charge in [-0.05, 0) is 0 Å². The van der Waals surface area contributed by atoms with Gasteiger partial charge in [-0.15, -0.1) is 0 Å². The van der Waals surface area contributed by atoms with Crippen molar-refractivity contribution in [1.29, 1.82) is 0 Å². The molecule has 0 radical (unpaired) electrons. The summed E-state index contributed by atoms with van der Waals surface area (Å²) in [7, 11) is 4.70. The molecule has 3 aromatic rings. The lowest BCUT2D eigenvalue weighted by Crippen LogP contribution is -1.95. The highest BCUT2D eigenvalue weighted by molar-refractivity contribution is 5.70. The monoisotopic (exact) mass is 312 g/mol. The summed E-state index contributed by atoms with van der Waals surface area (Å²) in [6.07, 6.45) is 0. The maximum Gasteiger partial charge on any atom is 0.262 e. The summed E-state index contributed by atoms with van der Waals surface area (Å²) in [5.41, 5.74) is 1.52. The van der Waals surface area contributed by atoms with E-state index in [2.05, 4.69) is 10.1 Å². The Morgan fingerprint density at radius 2 is 1.48 bits per heavy atom.